The number of hydrogen-bond acceptors (Lipinski definition) is 1. The van der Waals surface area contributed by atoms with Crippen LogP contribution < -0.4 is 0 Å². The molecule has 0 saturated carbocycles. The highest BCUT2D eigenvalue weighted by atomic mass is 79.9. The molecule has 0 radical (unpaired) electrons. The molecule has 0 unspecified atom stereocenters. The third-order valence-corrected chi connectivity index (χ3v) is 1.54. The van der Waals surface area contributed by atoms with Crippen molar-refractivity contribution < 1.29 is 13.2 Å². The normalized spacial score (nSPS) is 11.7. The fourth-order valence-corrected chi connectivity index (χ4v) is 0.866. The van der Waals surface area contributed by atoms with Crippen LogP contribution in [-0.2, 0) is 3.79 Å². The molecule has 8 heteroatoms. The summed E-state index contributed by atoms with van der Waals surface area (Å²) in [6, 6.07) is 5.19. The van der Waals surface area contributed by atoms with Gasteiger partial charge in [0.2, 0.25) is 3.79 Å². The van der Waals surface area contributed by atoms with E-state index in [4.69, 9.17) is 34.8 Å². The number of halogens is 7. The second-order valence-corrected chi connectivity index (χ2v) is 5.32. The average molecular weight is 345 g/mol. The van der Waals surface area contributed by atoms with Gasteiger partial charge in [0.15, 0.2) is 0 Å². The molecular formula is C7H4BrCl3F3N. The first-order valence-corrected chi connectivity index (χ1v) is 5.27. The molecule has 0 aliphatic heterocycles. The van der Waals surface area contributed by atoms with Crippen molar-refractivity contribution in [3.63, 3.8) is 0 Å². The van der Waals surface area contributed by atoms with Gasteiger partial charge in [-0.15, -0.1) is 0 Å². The SMILES string of the molecule is ClC(Cl)(Cl)c1ccccn1.FC(F)(F)Br. The van der Waals surface area contributed by atoms with Crippen molar-refractivity contribution in [3.05, 3.63) is 30.1 Å². The predicted molar refractivity (Wildman–Crippen MR) is 58.5 cm³/mol. The van der Waals surface area contributed by atoms with Crippen LogP contribution in [0.2, 0.25) is 0 Å². The maximum absolute atomic E-state index is 10.3. The van der Waals surface area contributed by atoms with E-state index < -0.39 is 8.88 Å². The average Bonchev–Trinajstić information content (AvgIpc) is 2.01. The number of hydrogen-bond donors (Lipinski definition) is 0. The van der Waals surface area contributed by atoms with Crippen molar-refractivity contribution in [3.8, 4) is 0 Å². The Kier molecular flexibility index (Phi) is 6.25. The highest BCUT2D eigenvalue weighted by molar-refractivity contribution is 9.09. The highest BCUT2D eigenvalue weighted by Crippen LogP contribution is 2.36. The Labute approximate surface area is 108 Å². The third kappa shape index (κ3) is 10.6. The van der Waals surface area contributed by atoms with Gasteiger partial charge in [-0.2, -0.15) is 13.2 Å². The standard InChI is InChI=1S/C6H4Cl3N.CBrF3/c7-6(8,9)5-3-1-2-4-10-5;2-1(3,4)5/h1-4H;. The van der Waals surface area contributed by atoms with Crippen LogP contribution in [0.1, 0.15) is 5.69 Å². The Hall–Kier alpha value is 0.290. The molecule has 0 bridgehead atoms. The molecule has 1 nitrogen and oxygen atoms in total. The zero-order chi connectivity index (χ0) is 12.1. The van der Waals surface area contributed by atoms with Gasteiger partial charge in [-0.25, -0.2) is 0 Å². The minimum Gasteiger partial charge on any atom is -0.257 e. The lowest BCUT2D eigenvalue weighted by atomic mass is 10.4. The van der Waals surface area contributed by atoms with E-state index in [1.165, 1.54) is 15.9 Å². The van der Waals surface area contributed by atoms with E-state index in [1.807, 2.05) is 0 Å². The molecule has 0 spiro atoms. The number of aromatic nitrogens is 1. The molecule has 1 rings (SSSR count). The number of nitrogens with zero attached hydrogens (tertiary/aromatic N) is 1. The van der Waals surface area contributed by atoms with Gasteiger partial charge in [0.25, 0.3) is 0 Å². The van der Waals surface area contributed by atoms with E-state index in [0.717, 1.165) is 0 Å². The number of pyridine rings is 1. The maximum atomic E-state index is 10.3. The Balaban J connectivity index is 0.000000336. The van der Waals surface area contributed by atoms with Crippen LogP contribution >= 0.6 is 50.7 Å². The summed E-state index contributed by atoms with van der Waals surface area (Å²) >= 11 is 18.0. The molecule has 0 aromatic carbocycles. The largest absolute Gasteiger partial charge is 0.448 e. The first-order chi connectivity index (χ1) is 6.61. The Morgan fingerprint density at radius 3 is 1.80 bits per heavy atom. The maximum Gasteiger partial charge on any atom is 0.448 e. The third-order valence-electron chi connectivity index (χ3n) is 0.955. The lowest BCUT2D eigenvalue weighted by Crippen LogP contribution is -2.01. The Bertz CT molecular complexity index is 280. The van der Waals surface area contributed by atoms with Gasteiger partial charge in [0, 0.05) is 22.1 Å². The summed E-state index contributed by atoms with van der Waals surface area (Å²) in [5.41, 5.74) is 0.444. The van der Waals surface area contributed by atoms with Crippen molar-refractivity contribution in [2.75, 3.05) is 0 Å². The topological polar surface area (TPSA) is 12.9 Å². The molecule has 1 aromatic heterocycles. The van der Waals surface area contributed by atoms with Crippen molar-refractivity contribution in [1.29, 1.82) is 0 Å². The summed E-state index contributed by atoms with van der Waals surface area (Å²) in [7, 11) is 0. The van der Waals surface area contributed by atoms with Gasteiger partial charge in [-0.3, -0.25) is 4.98 Å². The summed E-state index contributed by atoms with van der Waals surface area (Å²) in [5, 5.41) is -4.19. The summed E-state index contributed by atoms with van der Waals surface area (Å²) in [5.74, 6) is 0. The van der Waals surface area contributed by atoms with Gasteiger partial charge >= 0.3 is 5.09 Å². The van der Waals surface area contributed by atoms with Crippen LogP contribution in [0.4, 0.5) is 13.2 Å². The molecule has 0 saturated heterocycles. The zero-order valence-electron chi connectivity index (χ0n) is 6.90. The van der Waals surface area contributed by atoms with Crippen molar-refractivity contribution in [1.82, 2.24) is 4.98 Å². The molecule has 0 aliphatic carbocycles. The number of rotatable bonds is 0. The predicted octanol–water partition coefficient (Wildman–Crippen LogP) is 4.81. The minimum absolute atomic E-state index is 0.444. The molecule has 15 heavy (non-hydrogen) atoms. The first-order valence-electron chi connectivity index (χ1n) is 3.34. The summed E-state index contributed by atoms with van der Waals surface area (Å²) < 4.78 is 29.4. The molecule has 1 aromatic rings. The van der Waals surface area contributed by atoms with Crippen LogP contribution in [0, 0.1) is 0 Å². The molecule has 0 amide bonds. The summed E-state index contributed by atoms with van der Waals surface area (Å²) in [6.07, 6.45) is 1.58. The van der Waals surface area contributed by atoms with E-state index in [2.05, 4.69) is 4.98 Å². The van der Waals surface area contributed by atoms with Gasteiger partial charge < -0.3 is 0 Å². The first kappa shape index (κ1) is 15.3. The van der Waals surface area contributed by atoms with E-state index in [1.54, 1.807) is 24.4 Å². The van der Waals surface area contributed by atoms with Crippen LogP contribution in [0.25, 0.3) is 0 Å². The van der Waals surface area contributed by atoms with Crippen LogP contribution in [0.5, 0.6) is 0 Å². The molecule has 0 aliphatic rings. The van der Waals surface area contributed by atoms with E-state index >= 15 is 0 Å². The summed E-state index contributed by atoms with van der Waals surface area (Å²) in [6.45, 7) is 0. The quantitative estimate of drug-likeness (QED) is 0.615. The van der Waals surface area contributed by atoms with Crippen molar-refractivity contribution in [2.24, 2.45) is 0 Å². The van der Waals surface area contributed by atoms with Crippen LogP contribution in [0.15, 0.2) is 24.4 Å². The molecule has 0 N–H and O–H groups in total. The molecule has 0 atom stereocenters. The smallest absolute Gasteiger partial charge is 0.257 e. The van der Waals surface area contributed by atoms with Gasteiger partial charge in [-0.1, -0.05) is 40.9 Å². The van der Waals surface area contributed by atoms with E-state index in [9.17, 15) is 13.2 Å². The lowest BCUT2D eigenvalue weighted by Gasteiger charge is -2.07. The van der Waals surface area contributed by atoms with E-state index in [-0.39, 0.29) is 0 Å². The molecule has 86 valence electrons. The van der Waals surface area contributed by atoms with Crippen molar-refractivity contribution >= 4 is 50.7 Å². The van der Waals surface area contributed by atoms with Crippen molar-refractivity contribution in [2.45, 2.75) is 8.88 Å². The summed E-state index contributed by atoms with van der Waals surface area (Å²) in [4.78, 5) is 3.85. The van der Waals surface area contributed by atoms with Crippen LogP contribution in [-0.4, -0.2) is 10.1 Å². The Morgan fingerprint density at radius 1 is 1.13 bits per heavy atom. The lowest BCUT2D eigenvalue weighted by molar-refractivity contribution is -0.0245. The minimum atomic E-state index is -4.19. The Morgan fingerprint density at radius 2 is 1.60 bits per heavy atom. The monoisotopic (exact) mass is 343 g/mol. The van der Waals surface area contributed by atoms with Gasteiger partial charge in [-0.05, 0) is 12.1 Å². The molecule has 0 fully saturated rings. The second-order valence-electron chi connectivity index (χ2n) is 2.14. The number of alkyl halides is 7. The fraction of sp³-hybridized carbons (Fsp3) is 0.286. The highest BCUT2D eigenvalue weighted by Gasteiger charge is 2.23. The van der Waals surface area contributed by atoms with Gasteiger partial charge in [0.05, 0.1) is 5.69 Å². The fourth-order valence-electron chi connectivity index (χ4n) is 0.530. The second kappa shape index (κ2) is 6.13. The van der Waals surface area contributed by atoms with E-state index in [0.29, 0.717) is 5.69 Å². The zero-order valence-corrected chi connectivity index (χ0v) is 10.8. The molecular weight excluding hydrogens is 341 g/mol. The van der Waals surface area contributed by atoms with Crippen LogP contribution in [0.3, 0.4) is 0 Å². The van der Waals surface area contributed by atoms with Gasteiger partial charge in [0.1, 0.15) is 0 Å². The molecule has 1 heterocycles.